The summed E-state index contributed by atoms with van der Waals surface area (Å²) in [5, 5.41) is 0.820. The highest BCUT2D eigenvalue weighted by Crippen LogP contribution is 2.35. The maximum absolute atomic E-state index is 5.91. The summed E-state index contributed by atoms with van der Waals surface area (Å²) in [5.74, 6) is 0.687. The van der Waals surface area contributed by atoms with Gasteiger partial charge < -0.3 is 0 Å². The van der Waals surface area contributed by atoms with Crippen LogP contribution in [0, 0.1) is 0 Å². The second kappa shape index (κ2) is 4.54. The fourth-order valence-electron chi connectivity index (χ4n) is 2.76. The lowest BCUT2D eigenvalue weighted by Gasteiger charge is -2.11. The molecule has 0 nitrogen and oxygen atoms in total. The number of fused-ring (bicyclic) bond motifs is 1. The monoisotopic (exact) mass is 242 g/mol. The van der Waals surface area contributed by atoms with Gasteiger partial charge in [0.25, 0.3) is 0 Å². The Morgan fingerprint density at radius 1 is 1.00 bits per heavy atom. The summed E-state index contributed by atoms with van der Waals surface area (Å²) < 4.78 is 0. The number of hydrogen-bond acceptors (Lipinski definition) is 0. The van der Waals surface area contributed by atoms with Crippen molar-refractivity contribution in [1.82, 2.24) is 0 Å². The second-order valence-corrected chi connectivity index (χ2v) is 5.20. The molecule has 17 heavy (non-hydrogen) atoms. The van der Waals surface area contributed by atoms with Crippen LogP contribution in [-0.2, 0) is 12.8 Å². The van der Waals surface area contributed by atoms with Gasteiger partial charge in [-0.3, -0.25) is 0 Å². The van der Waals surface area contributed by atoms with E-state index in [0.717, 1.165) is 11.4 Å². The Hall–Kier alpha value is -1.27. The van der Waals surface area contributed by atoms with Gasteiger partial charge in [-0.1, -0.05) is 48.0 Å². The summed E-state index contributed by atoms with van der Waals surface area (Å²) in [6, 6.07) is 17.1. The number of hydrogen-bond donors (Lipinski definition) is 0. The van der Waals surface area contributed by atoms with Crippen LogP contribution in [0.2, 0.25) is 5.02 Å². The van der Waals surface area contributed by atoms with E-state index in [1.165, 1.54) is 24.0 Å². The predicted molar refractivity (Wildman–Crippen MR) is 72.7 cm³/mol. The van der Waals surface area contributed by atoms with Crippen LogP contribution in [0.25, 0.3) is 0 Å². The first-order chi connectivity index (χ1) is 8.33. The molecular formula is C16H15Cl. The molecule has 0 heterocycles. The lowest BCUT2D eigenvalue weighted by atomic mass is 9.94. The van der Waals surface area contributed by atoms with Crippen molar-refractivity contribution in [2.75, 3.05) is 0 Å². The third-order valence-electron chi connectivity index (χ3n) is 3.65. The van der Waals surface area contributed by atoms with Crippen LogP contribution >= 0.6 is 11.6 Å². The van der Waals surface area contributed by atoms with Gasteiger partial charge in [0.15, 0.2) is 0 Å². The van der Waals surface area contributed by atoms with Gasteiger partial charge in [-0.25, -0.2) is 0 Å². The van der Waals surface area contributed by atoms with Crippen LogP contribution in [0.1, 0.15) is 29.0 Å². The molecule has 0 amide bonds. The third kappa shape index (κ3) is 2.23. The Balaban J connectivity index is 1.81. The van der Waals surface area contributed by atoms with Crippen LogP contribution in [0.4, 0.5) is 0 Å². The van der Waals surface area contributed by atoms with Crippen LogP contribution < -0.4 is 0 Å². The smallest absolute Gasteiger partial charge is 0.0406 e. The van der Waals surface area contributed by atoms with Crippen LogP contribution in [0.15, 0.2) is 48.5 Å². The van der Waals surface area contributed by atoms with Crippen molar-refractivity contribution in [2.24, 2.45) is 0 Å². The zero-order valence-electron chi connectivity index (χ0n) is 9.70. The molecule has 3 rings (SSSR count). The molecule has 0 aliphatic heterocycles. The largest absolute Gasteiger partial charge is 0.0843 e. The normalized spacial score (nSPS) is 18.1. The zero-order chi connectivity index (χ0) is 11.7. The maximum atomic E-state index is 5.91. The van der Waals surface area contributed by atoms with Gasteiger partial charge in [-0.2, -0.15) is 0 Å². The average molecular weight is 243 g/mol. The number of benzene rings is 2. The Bertz CT molecular complexity index is 513. The predicted octanol–water partition coefficient (Wildman–Crippen LogP) is 4.61. The van der Waals surface area contributed by atoms with Crippen molar-refractivity contribution >= 4 is 11.6 Å². The molecule has 0 aromatic heterocycles. The van der Waals surface area contributed by atoms with E-state index < -0.39 is 0 Å². The Morgan fingerprint density at radius 3 is 2.59 bits per heavy atom. The average Bonchev–Trinajstić information content (AvgIpc) is 2.76. The molecular weight excluding hydrogens is 228 g/mol. The van der Waals surface area contributed by atoms with E-state index >= 15 is 0 Å². The summed E-state index contributed by atoms with van der Waals surface area (Å²) in [7, 11) is 0. The summed E-state index contributed by atoms with van der Waals surface area (Å²) >= 11 is 5.91. The molecule has 86 valence electrons. The molecule has 0 fully saturated rings. The van der Waals surface area contributed by atoms with Gasteiger partial charge in [0.05, 0.1) is 0 Å². The minimum Gasteiger partial charge on any atom is -0.0843 e. The van der Waals surface area contributed by atoms with Gasteiger partial charge in [0.2, 0.25) is 0 Å². The van der Waals surface area contributed by atoms with Crippen molar-refractivity contribution < 1.29 is 0 Å². The van der Waals surface area contributed by atoms with E-state index in [-0.39, 0.29) is 0 Å². The van der Waals surface area contributed by atoms with Crippen molar-refractivity contribution in [3.8, 4) is 0 Å². The van der Waals surface area contributed by atoms with Crippen molar-refractivity contribution in [3.63, 3.8) is 0 Å². The van der Waals surface area contributed by atoms with E-state index in [2.05, 4.69) is 36.4 Å². The lowest BCUT2D eigenvalue weighted by Crippen LogP contribution is -1.98. The van der Waals surface area contributed by atoms with Crippen molar-refractivity contribution in [2.45, 2.75) is 25.2 Å². The van der Waals surface area contributed by atoms with E-state index in [1.807, 2.05) is 12.1 Å². The zero-order valence-corrected chi connectivity index (χ0v) is 10.5. The number of rotatable bonds is 2. The molecule has 1 heteroatoms. The SMILES string of the molecule is Clc1ccc(C[C@@H]2CCc3ccccc32)cc1. The molecule has 0 unspecified atom stereocenters. The Kier molecular flexibility index (Phi) is 2.90. The minimum absolute atomic E-state index is 0.687. The summed E-state index contributed by atoms with van der Waals surface area (Å²) in [4.78, 5) is 0. The van der Waals surface area contributed by atoms with Crippen molar-refractivity contribution in [3.05, 3.63) is 70.2 Å². The molecule has 1 atom stereocenters. The van der Waals surface area contributed by atoms with E-state index in [4.69, 9.17) is 11.6 Å². The first-order valence-electron chi connectivity index (χ1n) is 6.15. The second-order valence-electron chi connectivity index (χ2n) is 4.77. The van der Waals surface area contributed by atoms with Crippen LogP contribution in [-0.4, -0.2) is 0 Å². The summed E-state index contributed by atoms with van der Waals surface area (Å²) in [6.07, 6.45) is 3.64. The highest BCUT2D eigenvalue weighted by Gasteiger charge is 2.21. The topological polar surface area (TPSA) is 0 Å². The number of halogens is 1. The first-order valence-corrected chi connectivity index (χ1v) is 6.53. The molecule has 1 aliphatic carbocycles. The molecule has 2 aromatic rings. The standard InChI is InChI=1S/C16H15Cl/c17-15-9-5-12(6-10-15)11-14-8-7-13-3-1-2-4-16(13)14/h1-6,9-10,14H,7-8,11H2/t14-/m0/s1. The first kappa shape index (κ1) is 10.9. The molecule has 0 N–H and O–H groups in total. The van der Waals surface area contributed by atoms with E-state index in [9.17, 15) is 0 Å². The van der Waals surface area contributed by atoms with Gasteiger partial charge >= 0.3 is 0 Å². The van der Waals surface area contributed by atoms with E-state index in [1.54, 1.807) is 5.56 Å². The molecule has 0 saturated heterocycles. The van der Waals surface area contributed by atoms with Crippen LogP contribution in [0.3, 0.4) is 0 Å². The molecule has 0 radical (unpaired) electrons. The van der Waals surface area contributed by atoms with Crippen molar-refractivity contribution in [1.29, 1.82) is 0 Å². The molecule has 0 bridgehead atoms. The fourth-order valence-corrected chi connectivity index (χ4v) is 2.89. The van der Waals surface area contributed by atoms with Gasteiger partial charge in [-0.05, 0) is 54.0 Å². The summed E-state index contributed by atoms with van der Waals surface area (Å²) in [5.41, 5.74) is 4.46. The third-order valence-corrected chi connectivity index (χ3v) is 3.90. The van der Waals surface area contributed by atoms with E-state index in [0.29, 0.717) is 5.92 Å². The van der Waals surface area contributed by atoms with Crippen LogP contribution in [0.5, 0.6) is 0 Å². The Labute approximate surface area is 107 Å². The lowest BCUT2D eigenvalue weighted by molar-refractivity contribution is 0.674. The number of aryl methyl sites for hydroxylation is 1. The Morgan fingerprint density at radius 2 is 1.76 bits per heavy atom. The van der Waals surface area contributed by atoms with Gasteiger partial charge in [-0.15, -0.1) is 0 Å². The fraction of sp³-hybridized carbons (Fsp3) is 0.250. The maximum Gasteiger partial charge on any atom is 0.0406 e. The molecule has 1 aliphatic rings. The minimum atomic E-state index is 0.687. The quantitative estimate of drug-likeness (QED) is 0.721. The highest BCUT2D eigenvalue weighted by atomic mass is 35.5. The molecule has 0 spiro atoms. The van der Waals surface area contributed by atoms with Gasteiger partial charge in [0, 0.05) is 5.02 Å². The molecule has 2 aromatic carbocycles. The molecule has 0 saturated carbocycles. The summed E-state index contributed by atoms with van der Waals surface area (Å²) in [6.45, 7) is 0. The van der Waals surface area contributed by atoms with Gasteiger partial charge in [0.1, 0.15) is 0 Å². The highest BCUT2D eigenvalue weighted by molar-refractivity contribution is 6.30.